The van der Waals surface area contributed by atoms with Crippen molar-refractivity contribution in [2.24, 2.45) is 0 Å². The number of Topliss-reactive ketones (excluding diaryl/α,β-unsaturated/α-hetero) is 1. The van der Waals surface area contributed by atoms with Crippen LogP contribution in [0, 0.1) is 0 Å². The molecule has 0 saturated carbocycles. The van der Waals surface area contributed by atoms with Gasteiger partial charge in [0.05, 0.1) is 5.75 Å². The van der Waals surface area contributed by atoms with Crippen LogP contribution in [0.25, 0.3) is 0 Å². The molecule has 104 valence electrons. The van der Waals surface area contributed by atoms with Crippen molar-refractivity contribution in [2.45, 2.75) is 25.5 Å². The minimum Gasteiger partial charge on any atom is -0.396 e. The number of aliphatic hydroxyl groups excluding tert-OH is 1. The lowest BCUT2D eigenvalue weighted by atomic mass is 10.1. The molecule has 1 aromatic rings. The second kappa shape index (κ2) is 7.96. The molecule has 1 rings (SSSR count). The first-order valence-corrected chi connectivity index (χ1v) is 7.21. The average Bonchev–Trinajstić information content (AvgIpc) is 2.37. The molecule has 0 bridgehead atoms. The Bertz CT molecular complexity index is 448. The van der Waals surface area contributed by atoms with Gasteiger partial charge in [0.1, 0.15) is 0 Å². The maximum absolute atomic E-state index is 11.7. The van der Waals surface area contributed by atoms with Gasteiger partial charge in [0.25, 0.3) is 0 Å². The molecule has 0 aliphatic rings. The number of hydrogen-bond acceptors (Lipinski definition) is 4. The molecule has 0 saturated heterocycles. The zero-order chi connectivity index (χ0) is 14.3. The smallest absolute Gasteiger partial charge is 0.234 e. The third kappa shape index (κ3) is 5.89. The normalized spacial score (nSPS) is 11.9. The summed E-state index contributed by atoms with van der Waals surface area (Å²) in [5.41, 5.74) is 1.22. The summed E-state index contributed by atoms with van der Waals surface area (Å²) < 4.78 is 0. The summed E-state index contributed by atoms with van der Waals surface area (Å²) >= 11 is 1.50. The fraction of sp³-hybridized carbons (Fsp3) is 0.429. The van der Waals surface area contributed by atoms with Gasteiger partial charge in [-0.2, -0.15) is 0 Å². The van der Waals surface area contributed by atoms with Crippen LogP contribution < -0.4 is 5.32 Å². The first-order chi connectivity index (χ1) is 9.02. The van der Waals surface area contributed by atoms with Crippen LogP contribution in [0.15, 0.2) is 24.3 Å². The maximum atomic E-state index is 11.7. The van der Waals surface area contributed by atoms with E-state index in [2.05, 4.69) is 5.32 Å². The van der Waals surface area contributed by atoms with Gasteiger partial charge in [0.2, 0.25) is 5.91 Å². The molecule has 19 heavy (non-hydrogen) atoms. The van der Waals surface area contributed by atoms with Gasteiger partial charge in [-0.25, -0.2) is 0 Å². The average molecular weight is 281 g/mol. The zero-order valence-electron chi connectivity index (χ0n) is 11.2. The summed E-state index contributed by atoms with van der Waals surface area (Å²) in [7, 11) is 0. The molecular formula is C14H19NO3S. The number of ketones is 1. The molecule has 0 fully saturated rings. The van der Waals surface area contributed by atoms with E-state index in [0.29, 0.717) is 23.4 Å². The van der Waals surface area contributed by atoms with E-state index in [1.807, 2.05) is 6.92 Å². The molecule has 2 N–H and O–H groups in total. The highest BCUT2D eigenvalue weighted by Gasteiger charge is 2.08. The fourth-order valence-electron chi connectivity index (χ4n) is 1.50. The maximum Gasteiger partial charge on any atom is 0.234 e. The van der Waals surface area contributed by atoms with Crippen LogP contribution in [0.2, 0.25) is 0 Å². The minimum atomic E-state index is -0.101. The predicted molar refractivity (Wildman–Crippen MR) is 78.7 cm³/mol. The Morgan fingerprint density at radius 1 is 1.42 bits per heavy atom. The molecule has 1 aromatic carbocycles. The van der Waals surface area contributed by atoms with E-state index in [1.54, 1.807) is 24.3 Å². The van der Waals surface area contributed by atoms with Gasteiger partial charge in [-0.1, -0.05) is 19.1 Å². The van der Waals surface area contributed by atoms with Crippen molar-refractivity contribution in [1.29, 1.82) is 0 Å². The summed E-state index contributed by atoms with van der Waals surface area (Å²) in [6, 6.07) is 6.89. The molecule has 0 aromatic heterocycles. The Morgan fingerprint density at radius 3 is 2.79 bits per heavy atom. The monoisotopic (exact) mass is 281 g/mol. The van der Waals surface area contributed by atoms with Crippen molar-refractivity contribution in [2.75, 3.05) is 17.7 Å². The number of aliphatic hydroxyl groups is 1. The number of carbonyl (C=O) groups excluding carboxylic acids is 2. The SMILES string of the molecule is CC(=O)c1cccc(NC(=O)CSC(C)CCO)c1. The van der Waals surface area contributed by atoms with E-state index >= 15 is 0 Å². The van der Waals surface area contributed by atoms with Crippen molar-refractivity contribution >= 4 is 29.1 Å². The first-order valence-electron chi connectivity index (χ1n) is 6.16. The van der Waals surface area contributed by atoms with Crippen LogP contribution in [-0.4, -0.2) is 34.4 Å². The topological polar surface area (TPSA) is 66.4 Å². The van der Waals surface area contributed by atoms with E-state index in [-0.39, 0.29) is 23.5 Å². The Labute approximate surface area is 117 Å². The van der Waals surface area contributed by atoms with Gasteiger partial charge in [0, 0.05) is 23.1 Å². The lowest BCUT2D eigenvalue weighted by Crippen LogP contribution is -2.16. The number of carbonyl (C=O) groups is 2. The molecular weight excluding hydrogens is 262 g/mol. The van der Waals surface area contributed by atoms with Gasteiger partial charge in [-0.3, -0.25) is 9.59 Å². The summed E-state index contributed by atoms with van der Waals surface area (Å²) in [6.45, 7) is 3.61. The Hall–Kier alpha value is -1.33. The molecule has 0 aliphatic heterocycles. The minimum absolute atomic E-state index is 0.0259. The van der Waals surface area contributed by atoms with Crippen molar-refractivity contribution in [3.63, 3.8) is 0 Å². The molecule has 5 heteroatoms. The Balaban J connectivity index is 2.48. The molecule has 0 aliphatic carbocycles. The largest absolute Gasteiger partial charge is 0.396 e. The fourth-order valence-corrected chi connectivity index (χ4v) is 2.28. The molecule has 0 spiro atoms. The van der Waals surface area contributed by atoms with E-state index in [9.17, 15) is 9.59 Å². The van der Waals surface area contributed by atoms with Crippen LogP contribution >= 0.6 is 11.8 Å². The van der Waals surface area contributed by atoms with Crippen molar-refractivity contribution in [3.8, 4) is 0 Å². The van der Waals surface area contributed by atoms with E-state index in [4.69, 9.17) is 5.11 Å². The molecule has 0 radical (unpaired) electrons. The highest BCUT2D eigenvalue weighted by molar-refractivity contribution is 8.00. The lowest BCUT2D eigenvalue weighted by Gasteiger charge is -2.10. The number of anilines is 1. The predicted octanol–water partition coefficient (Wildman–Crippen LogP) is 2.33. The van der Waals surface area contributed by atoms with Gasteiger partial charge in [0.15, 0.2) is 5.78 Å². The van der Waals surface area contributed by atoms with E-state index in [0.717, 1.165) is 0 Å². The number of amides is 1. The molecule has 1 amide bonds. The number of rotatable bonds is 7. The lowest BCUT2D eigenvalue weighted by molar-refractivity contribution is -0.113. The number of hydrogen-bond donors (Lipinski definition) is 2. The quantitative estimate of drug-likeness (QED) is 0.753. The molecule has 0 heterocycles. The van der Waals surface area contributed by atoms with Crippen molar-refractivity contribution in [3.05, 3.63) is 29.8 Å². The van der Waals surface area contributed by atoms with Crippen LogP contribution in [0.1, 0.15) is 30.6 Å². The first kappa shape index (κ1) is 15.7. The van der Waals surface area contributed by atoms with E-state index < -0.39 is 0 Å². The highest BCUT2D eigenvalue weighted by Crippen LogP contribution is 2.15. The zero-order valence-corrected chi connectivity index (χ0v) is 12.0. The van der Waals surface area contributed by atoms with Gasteiger partial charge < -0.3 is 10.4 Å². The summed E-state index contributed by atoms with van der Waals surface area (Å²) in [4.78, 5) is 23.0. The third-order valence-electron chi connectivity index (χ3n) is 2.59. The standard InChI is InChI=1S/C14H19NO3S/c1-10(6-7-16)19-9-14(18)15-13-5-3-4-12(8-13)11(2)17/h3-5,8,10,16H,6-7,9H2,1-2H3,(H,15,18). The molecule has 1 atom stereocenters. The van der Waals surface area contributed by atoms with E-state index in [1.165, 1.54) is 18.7 Å². The van der Waals surface area contributed by atoms with Crippen molar-refractivity contribution < 1.29 is 14.7 Å². The van der Waals surface area contributed by atoms with Gasteiger partial charge in [-0.15, -0.1) is 11.8 Å². The highest BCUT2D eigenvalue weighted by atomic mass is 32.2. The molecule has 1 unspecified atom stereocenters. The third-order valence-corrected chi connectivity index (χ3v) is 3.82. The van der Waals surface area contributed by atoms with Crippen molar-refractivity contribution in [1.82, 2.24) is 0 Å². The number of thioether (sulfide) groups is 1. The van der Waals surface area contributed by atoms with Crippen LogP contribution in [0.3, 0.4) is 0 Å². The summed E-state index contributed by atoms with van der Waals surface area (Å²) in [5, 5.41) is 11.8. The Kier molecular flexibility index (Phi) is 6.59. The van der Waals surface area contributed by atoms with Crippen LogP contribution in [-0.2, 0) is 4.79 Å². The Morgan fingerprint density at radius 2 is 2.16 bits per heavy atom. The van der Waals surface area contributed by atoms with Crippen LogP contribution in [0.4, 0.5) is 5.69 Å². The van der Waals surface area contributed by atoms with Gasteiger partial charge >= 0.3 is 0 Å². The van der Waals surface area contributed by atoms with Crippen LogP contribution in [0.5, 0.6) is 0 Å². The second-order valence-corrected chi connectivity index (χ2v) is 5.75. The summed E-state index contributed by atoms with van der Waals surface area (Å²) in [6.07, 6.45) is 0.678. The second-order valence-electron chi connectivity index (χ2n) is 4.32. The number of nitrogens with one attached hydrogen (secondary N) is 1. The number of benzene rings is 1. The summed E-state index contributed by atoms with van der Waals surface area (Å²) in [5.74, 6) is 0.211. The molecule has 4 nitrogen and oxygen atoms in total. The van der Waals surface area contributed by atoms with Gasteiger partial charge in [-0.05, 0) is 25.5 Å².